The van der Waals surface area contributed by atoms with Gasteiger partial charge in [-0.2, -0.15) is 0 Å². The molecule has 2 aromatic carbocycles. The van der Waals surface area contributed by atoms with Gasteiger partial charge in [0.25, 0.3) is 0 Å². The van der Waals surface area contributed by atoms with Crippen LogP contribution >= 0.6 is 11.8 Å². The zero-order valence-electron chi connectivity index (χ0n) is 18.5. The van der Waals surface area contributed by atoms with E-state index in [-0.39, 0.29) is 23.5 Å². The molecule has 1 unspecified atom stereocenters. The second kappa shape index (κ2) is 9.61. The Bertz CT molecular complexity index is 1110. The minimum Gasteiger partial charge on any atom is -0.369 e. The normalized spacial score (nSPS) is 16.2. The molecule has 7 heteroatoms. The number of nitrogens with two attached hydrogens (primary N) is 1. The molecule has 32 heavy (non-hydrogen) atoms. The van der Waals surface area contributed by atoms with Gasteiger partial charge in [-0.25, -0.2) is 4.98 Å². The van der Waals surface area contributed by atoms with Crippen LogP contribution < -0.4 is 5.73 Å². The van der Waals surface area contributed by atoms with Gasteiger partial charge in [0.15, 0.2) is 5.16 Å². The van der Waals surface area contributed by atoms with E-state index in [2.05, 4.69) is 48.7 Å². The quantitative estimate of drug-likeness (QED) is 0.579. The molecule has 166 valence electrons. The fraction of sp³-hybridized carbons (Fsp3) is 0.320. The van der Waals surface area contributed by atoms with E-state index in [0.29, 0.717) is 13.1 Å². The SMILES string of the molecule is Cc1cccc(C)c1-n1c(-c2ccccc2)cnc1SCC(=O)N1CCCC(C(N)=O)C1. The van der Waals surface area contributed by atoms with Crippen molar-refractivity contribution in [3.63, 3.8) is 0 Å². The Labute approximate surface area is 192 Å². The number of aromatic nitrogens is 2. The maximum Gasteiger partial charge on any atom is 0.233 e. The molecule has 2 heterocycles. The summed E-state index contributed by atoms with van der Waals surface area (Å²) in [5, 5.41) is 0.776. The standard InChI is InChI=1S/C25H28N4O2S/c1-17-8-6-9-18(2)23(17)29-21(19-10-4-3-5-11-19)14-27-25(29)32-16-22(30)28-13-7-12-20(15-28)24(26)31/h3-6,8-11,14,20H,7,12-13,15-16H2,1-2H3,(H2,26,31). The molecule has 1 atom stereocenters. The second-order valence-electron chi connectivity index (χ2n) is 8.24. The summed E-state index contributed by atoms with van der Waals surface area (Å²) in [5.74, 6) is -0.299. The molecular formula is C25H28N4O2S. The Hall–Kier alpha value is -3.06. The van der Waals surface area contributed by atoms with Crippen molar-refractivity contribution >= 4 is 23.6 Å². The summed E-state index contributed by atoms with van der Waals surface area (Å²) in [6.45, 7) is 5.27. The highest BCUT2D eigenvalue weighted by atomic mass is 32.2. The molecule has 2 N–H and O–H groups in total. The van der Waals surface area contributed by atoms with Crippen LogP contribution in [0.2, 0.25) is 0 Å². The molecule has 0 radical (unpaired) electrons. The number of likely N-dealkylation sites (tertiary alicyclic amines) is 1. The minimum atomic E-state index is -0.326. The van der Waals surface area contributed by atoms with Gasteiger partial charge in [0, 0.05) is 18.7 Å². The maximum absolute atomic E-state index is 12.9. The van der Waals surface area contributed by atoms with E-state index >= 15 is 0 Å². The Morgan fingerprint density at radius 1 is 1.09 bits per heavy atom. The predicted octanol–water partition coefficient (Wildman–Crippen LogP) is 3.97. The number of piperidine rings is 1. The maximum atomic E-state index is 12.9. The summed E-state index contributed by atoms with van der Waals surface area (Å²) >= 11 is 1.43. The zero-order chi connectivity index (χ0) is 22.7. The Morgan fingerprint density at radius 3 is 2.50 bits per heavy atom. The van der Waals surface area contributed by atoms with E-state index in [1.54, 1.807) is 4.90 Å². The van der Waals surface area contributed by atoms with Crippen molar-refractivity contribution in [1.82, 2.24) is 14.5 Å². The third-order valence-corrected chi connectivity index (χ3v) is 6.90. The molecule has 1 fully saturated rings. The van der Waals surface area contributed by atoms with Crippen molar-refractivity contribution in [2.75, 3.05) is 18.8 Å². The molecule has 0 spiro atoms. The van der Waals surface area contributed by atoms with Gasteiger partial charge in [0.1, 0.15) is 0 Å². The van der Waals surface area contributed by atoms with Gasteiger partial charge in [-0.15, -0.1) is 0 Å². The Balaban J connectivity index is 1.63. The number of imidazole rings is 1. The number of carbonyl (C=O) groups excluding carboxylic acids is 2. The van der Waals surface area contributed by atoms with Crippen LogP contribution in [0.15, 0.2) is 59.9 Å². The number of nitrogens with zero attached hydrogens (tertiary/aromatic N) is 3. The van der Waals surface area contributed by atoms with Crippen LogP contribution in [0.1, 0.15) is 24.0 Å². The third-order valence-electron chi connectivity index (χ3n) is 5.96. The van der Waals surface area contributed by atoms with Gasteiger partial charge in [-0.05, 0) is 37.8 Å². The van der Waals surface area contributed by atoms with E-state index < -0.39 is 0 Å². The highest BCUT2D eigenvalue weighted by molar-refractivity contribution is 7.99. The van der Waals surface area contributed by atoms with E-state index in [1.165, 1.54) is 11.8 Å². The highest BCUT2D eigenvalue weighted by Crippen LogP contribution is 2.33. The van der Waals surface area contributed by atoms with Crippen LogP contribution in [0.5, 0.6) is 0 Å². The largest absolute Gasteiger partial charge is 0.369 e. The fourth-order valence-corrected chi connectivity index (χ4v) is 5.16. The van der Waals surface area contributed by atoms with Crippen molar-refractivity contribution in [3.8, 4) is 16.9 Å². The lowest BCUT2D eigenvalue weighted by molar-refractivity contribution is -0.132. The number of amides is 2. The summed E-state index contributed by atoms with van der Waals surface area (Å²) in [6.07, 6.45) is 3.43. The van der Waals surface area contributed by atoms with Gasteiger partial charge in [0.2, 0.25) is 11.8 Å². The van der Waals surface area contributed by atoms with Gasteiger partial charge in [-0.1, -0.05) is 60.3 Å². The average Bonchev–Trinajstić information content (AvgIpc) is 3.21. The summed E-state index contributed by atoms with van der Waals surface area (Å²) in [7, 11) is 0. The first-order valence-electron chi connectivity index (χ1n) is 10.9. The van der Waals surface area contributed by atoms with E-state index in [9.17, 15) is 9.59 Å². The van der Waals surface area contributed by atoms with Gasteiger partial charge < -0.3 is 10.6 Å². The fourth-order valence-electron chi connectivity index (χ4n) is 4.28. The number of hydrogen-bond acceptors (Lipinski definition) is 4. The molecular weight excluding hydrogens is 420 g/mol. The minimum absolute atomic E-state index is 0.0123. The van der Waals surface area contributed by atoms with E-state index in [1.807, 2.05) is 24.4 Å². The number of para-hydroxylation sites is 1. The second-order valence-corrected chi connectivity index (χ2v) is 9.18. The molecule has 0 aliphatic carbocycles. The summed E-state index contributed by atoms with van der Waals surface area (Å²) in [6, 6.07) is 16.4. The van der Waals surface area contributed by atoms with Crippen molar-refractivity contribution < 1.29 is 9.59 Å². The molecule has 1 saturated heterocycles. The number of rotatable bonds is 6. The molecule has 2 amide bonds. The number of aryl methyl sites for hydroxylation is 2. The first kappa shape index (κ1) is 22.1. The molecule has 0 saturated carbocycles. The predicted molar refractivity (Wildman–Crippen MR) is 128 cm³/mol. The van der Waals surface area contributed by atoms with Crippen LogP contribution in [0.3, 0.4) is 0 Å². The molecule has 4 rings (SSSR count). The summed E-state index contributed by atoms with van der Waals surface area (Å²) in [4.78, 5) is 30.9. The molecule has 3 aromatic rings. The van der Waals surface area contributed by atoms with Crippen LogP contribution in [0.4, 0.5) is 0 Å². The smallest absolute Gasteiger partial charge is 0.233 e. The molecule has 1 aliphatic rings. The number of thioether (sulfide) groups is 1. The van der Waals surface area contributed by atoms with Gasteiger partial charge >= 0.3 is 0 Å². The first-order valence-corrected chi connectivity index (χ1v) is 11.8. The highest BCUT2D eigenvalue weighted by Gasteiger charge is 2.27. The zero-order valence-corrected chi connectivity index (χ0v) is 19.3. The van der Waals surface area contributed by atoms with Crippen LogP contribution in [-0.4, -0.2) is 45.1 Å². The van der Waals surface area contributed by atoms with Gasteiger partial charge in [-0.3, -0.25) is 14.2 Å². The molecule has 6 nitrogen and oxygen atoms in total. The van der Waals surface area contributed by atoms with Gasteiger partial charge in [0.05, 0.1) is 29.2 Å². The lowest BCUT2D eigenvalue weighted by Crippen LogP contribution is -2.44. The number of hydrogen-bond donors (Lipinski definition) is 1. The summed E-state index contributed by atoms with van der Waals surface area (Å²) < 4.78 is 2.15. The number of primary amides is 1. The van der Waals surface area contributed by atoms with Crippen LogP contribution in [0, 0.1) is 19.8 Å². The van der Waals surface area contributed by atoms with Crippen molar-refractivity contribution in [2.24, 2.45) is 11.7 Å². The first-order chi connectivity index (χ1) is 15.5. The third kappa shape index (κ3) is 4.58. The van der Waals surface area contributed by atoms with Crippen molar-refractivity contribution in [1.29, 1.82) is 0 Å². The number of carbonyl (C=O) groups is 2. The van der Waals surface area contributed by atoms with Crippen LogP contribution in [-0.2, 0) is 9.59 Å². The van der Waals surface area contributed by atoms with Crippen molar-refractivity contribution in [3.05, 3.63) is 65.9 Å². The Kier molecular flexibility index (Phi) is 6.65. The van der Waals surface area contributed by atoms with Crippen molar-refractivity contribution in [2.45, 2.75) is 31.8 Å². The topological polar surface area (TPSA) is 81.2 Å². The number of benzene rings is 2. The molecule has 1 aliphatic heterocycles. The monoisotopic (exact) mass is 448 g/mol. The Morgan fingerprint density at radius 2 is 1.81 bits per heavy atom. The lowest BCUT2D eigenvalue weighted by atomic mass is 9.97. The van der Waals surface area contributed by atoms with E-state index in [4.69, 9.17) is 10.7 Å². The van der Waals surface area contributed by atoms with E-state index in [0.717, 1.165) is 46.1 Å². The lowest BCUT2D eigenvalue weighted by Gasteiger charge is -2.31. The average molecular weight is 449 g/mol. The summed E-state index contributed by atoms with van der Waals surface area (Å²) in [5.41, 5.74) is 10.9. The molecule has 0 bridgehead atoms. The van der Waals surface area contributed by atoms with Crippen LogP contribution in [0.25, 0.3) is 16.9 Å². The molecule has 1 aromatic heterocycles.